The van der Waals surface area contributed by atoms with Crippen molar-refractivity contribution in [2.24, 2.45) is 5.73 Å². The number of hydrogen-bond donors (Lipinski definition) is 1. The number of likely N-dealkylation sites (N-methyl/N-ethyl adjacent to an activating group) is 1. The number of rotatable bonds is 3. The van der Waals surface area contributed by atoms with Crippen molar-refractivity contribution in [1.29, 1.82) is 0 Å². The van der Waals surface area contributed by atoms with E-state index in [9.17, 15) is 0 Å². The molecule has 4 heteroatoms. The molecule has 0 amide bonds. The van der Waals surface area contributed by atoms with E-state index >= 15 is 0 Å². The van der Waals surface area contributed by atoms with Crippen molar-refractivity contribution in [2.75, 3.05) is 33.4 Å². The molecule has 2 N–H and O–H groups in total. The second kappa shape index (κ2) is 3.79. The lowest BCUT2D eigenvalue weighted by Gasteiger charge is -2.40. The summed E-state index contributed by atoms with van der Waals surface area (Å²) in [6.07, 6.45) is 1.08. The summed E-state index contributed by atoms with van der Waals surface area (Å²) in [6, 6.07) is 0.831. The van der Waals surface area contributed by atoms with Gasteiger partial charge in [0.15, 0.2) is 0 Å². The molecular formula is C10H19N3O. The second-order valence-electron chi connectivity index (χ2n) is 4.21. The Hall–Kier alpha value is -0.740. The van der Waals surface area contributed by atoms with Gasteiger partial charge >= 0.3 is 0 Å². The summed E-state index contributed by atoms with van der Waals surface area (Å²) in [5, 5.41) is 0. The van der Waals surface area contributed by atoms with Gasteiger partial charge in [-0.3, -0.25) is 0 Å². The number of ether oxygens (including phenoxy) is 1. The Balaban J connectivity index is 1.87. The highest BCUT2D eigenvalue weighted by atomic mass is 16.5. The molecule has 4 nitrogen and oxygen atoms in total. The van der Waals surface area contributed by atoms with E-state index in [-0.39, 0.29) is 0 Å². The van der Waals surface area contributed by atoms with Gasteiger partial charge in [0.05, 0.1) is 25.1 Å². The molecule has 0 radical (unpaired) electrons. The van der Waals surface area contributed by atoms with Crippen molar-refractivity contribution >= 4 is 0 Å². The normalized spacial score (nSPS) is 27.6. The molecule has 1 atom stereocenters. The van der Waals surface area contributed by atoms with E-state index in [2.05, 4.69) is 23.4 Å². The molecule has 2 fully saturated rings. The first kappa shape index (κ1) is 9.80. The molecule has 2 heterocycles. The quantitative estimate of drug-likeness (QED) is 0.681. The van der Waals surface area contributed by atoms with E-state index in [1.165, 1.54) is 0 Å². The second-order valence-corrected chi connectivity index (χ2v) is 4.21. The molecule has 0 saturated carbocycles. The maximum absolute atomic E-state index is 5.86. The van der Waals surface area contributed by atoms with Crippen LogP contribution in [0.15, 0.2) is 12.4 Å². The predicted octanol–water partition coefficient (Wildman–Crippen LogP) is -0.179. The highest BCUT2D eigenvalue weighted by Gasteiger charge is 2.28. The van der Waals surface area contributed by atoms with Crippen molar-refractivity contribution in [2.45, 2.75) is 18.5 Å². The van der Waals surface area contributed by atoms with Crippen LogP contribution in [0.3, 0.4) is 0 Å². The summed E-state index contributed by atoms with van der Waals surface area (Å²) in [4.78, 5) is 4.48. The minimum absolute atomic E-state index is 0.317. The fraction of sp³-hybridized carbons (Fsp3) is 0.800. The molecule has 0 bridgehead atoms. The van der Waals surface area contributed by atoms with Crippen LogP contribution in [-0.2, 0) is 4.74 Å². The van der Waals surface area contributed by atoms with Crippen LogP contribution in [0.4, 0.5) is 0 Å². The molecular weight excluding hydrogens is 178 g/mol. The van der Waals surface area contributed by atoms with Crippen LogP contribution in [0.25, 0.3) is 0 Å². The fourth-order valence-electron chi connectivity index (χ4n) is 1.90. The van der Waals surface area contributed by atoms with Gasteiger partial charge in [-0.1, -0.05) is 6.58 Å². The van der Waals surface area contributed by atoms with Gasteiger partial charge in [0, 0.05) is 26.2 Å². The average Bonchev–Trinajstić information content (AvgIpc) is 2.47. The van der Waals surface area contributed by atoms with Crippen LogP contribution < -0.4 is 5.73 Å². The summed E-state index contributed by atoms with van der Waals surface area (Å²) < 4.78 is 5.16. The highest BCUT2D eigenvalue weighted by Crippen LogP contribution is 2.19. The van der Waals surface area contributed by atoms with Gasteiger partial charge in [-0.05, 0) is 6.42 Å². The summed E-state index contributed by atoms with van der Waals surface area (Å²) in [7, 11) is 2.08. The molecule has 2 aliphatic rings. The first-order valence-electron chi connectivity index (χ1n) is 5.18. The first-order valence-corrected chi connectivity index (χ1v) is 5.18. The molecule has 0 aromatic heterocycles. The van der Waals surface area contributed by atoms with E-state index < -0.39 is 0 Å². The molecule has 2 saturated heterocycles. The molecule has 0 spiro atoms. The third kappa shape index (κ3) is 1.72. The van der Waals surface area contributed by atoms with Crippen LogP contribution >= 0.6 is 0 Å². The van der Waals surface area contributed by atoms with Crippen LogP contribution in [0.1, 0.15) is 6.42 Å². The lowest BCUT2D eigenvalue weighted by atomic mass is 10.2. The molecule has 0 aliphatic carbocycles. The summed E-state index contributed by atoms with van der Waals surface area (Å²) in [5.74, 6) is 1.09. The zero-order valence-corrected chi connectivity index (χ0v) is 8.78. The number of hydrogen-bond acceptors (Lipinski definition) is 4. The lowest BCUT2D eigenvalue weighted by Crippen LogP contribution is -2.49. The average molecular weight is 197 g/mol. The number of likely N-dealkylation sites (tertiary alicyclic amines) is 1. The molecule has 1 unspecified atom stereocenters. The highest BCUT2D eigenvalue weighted by molar-refractivity contribution is 5.00. The van der Waals surface area contributed by atoms with Gasteiger partial charge in [-0.15, -0.1) is 0 Å². The Kier molecular flexibility index (Phi) is 2.65. The van der Waals surface area contributed by atoms with E-state index in [1.54, 1.807) is 0 Å². The maximum atomic E-state index is 5.86. The minimum atomic E-state index is 0.317. The van der Waals surface area contributed by atoms with Gasteiger partial charge in [-0.25, -0.2) is 0 Å². The largest absolute Gasteiger partial charge is 0.377 e. The Morgan fingerprint density at radius 1 is 1.57 bits per heavy atom. The SMILES string of the molecule is C=C(N1CCC(N)C1)N(C)C1COC1. The molecule has 14 heavy (non-hydrogen) atoms. The van der Waals surface area contributed by atoms with Crippen LogP contribution in [0.5, 0.6) is 0 Å². The van der Waals surface area contributed by atoms with Crippen LogP contribution in [0.2, 0.25) is 0 Å². The van der Waals surface area contributed by atoms with Gasteiger partial charge in [0.1, 0.15) is 0 Å². The van der Waals surface area contributed by atoms with Crippen molar-refractivity contribution in [3.05, 3.63) is 12.4 Å². The van der Waals surface area contributed by atoms with Crippen LogP contribution in [-0.4, -0.2) is 55.2 Å². The zero-order chi connectivity index (χ0) is 10.1. The van der Waals surface area contributed by atoms with Crippen molar-refractivity contribution in [3.63, 3.8) is 0 Å². The van der Waals surface area contributed by atoms with Crippen LogP contribution in [0, 0.1) is 0 Å². The molecule has 2 aliphatic heterocycles. The molecule has 0 aromatic rings. The minimum Gasteiger partial charge on any atom is -0.377 e. The Labute approximate surface area is 85.3 Å². The zero-order valence-electron chi connectivity index (χ0n) is 8.78. The third-order valence-electron chi connectivity index (χ3n) is 3.17. The molecule has 0 aromatic carbocycles. The molecule has 80 valence electrons. The van der Waals surface area contributed by atoms with E-state index in [0.29, 0.717) is 12.1 Å². The summed E-state index contributed by atoms with van der Waals surface area (Å²) >= 11 is 0. The summed E-state index contributed by atoms with van der Waals surface area (Å²) in [6.45, 7) is 7.75. The maximum Gasteiger partial charge on any atom is 0.0967 e. The third-order valence-corrected chi connectivity index (χ3v) is 3.17. The Morgan fingerprint density at radius 3 is 2.71 bits per heavy atom. The van der Waals surface area contributed by atoms with Crippen molar-refractivity contribution in [3.8, 4) is 0 Å². The lowest BCUT2D eigenvalue weighted by molar-refractivity contribution is -0.0523. The topological polar surface area (TPSA) is 41.7 Å². The fourth-order valence-corrected chi connectivity index (χ4v) is 1.90. The standard InChI is InChI=1S/C10H19N3O/c1-8(12(2)10-6-14-7-10)13-4-3-9(11)5-13/h9-10H,1,3-7,11H2,2H3. The van der Waals surface area contributed by atoms with Gasteiger partial charge in [-0.2, -0.15) is 0 Å². The van der Waals surface area contributed by atoms with E-state index in [1.807, 2.05) is 0 Å². The van der Waals surface area contributed by atoms with E-state index in [4.69, 9.17) is 10.5 Å². The molecule has 2 rings (SSSR count). The number of nitrogens with zero attached hydrogens (tertiary/aromatic N) is 2. The van der Waals surface area contributed by atoms with Gasteiger partial charge < -0.3 is 20.3 Å². The predicted molar refractivity (Wildman–Crippen MR) is 55.7 cm³/mol. The Bertz CT molecular complexity index is 223. The van der Waals surface area contributed by atoms with Crippen molar-refractivity contribution < 1.29 is 4.74 Å². The summed E-state index contributed by atoms with van der Waals surface area (Å²) in [5.41, 5.74) is 5.86. The first-order chi connectivity index (χ1) is 6.68. The monoisotopic (exact) mass is 197 g/mol. The van der Waals surface area contributed by atoms with E-state index in [0.717, 1.165) is 38.5 Å². The smallest absolute Gasteiger partial charge is 0.0967 e. The van der Waals surface area contributed by atoms with Gasteiger partial charge in [0.25, 0.3) is 0 Å². The number of nitrogens with two attached hydrogens (primary N) is 1. The van der Waals surface area contributed by atoms with Gasteiger partial charge in [0.2, 0.25) is 0 Å². The Morgan fingerprint density at radius 2 is 2.29 bits per heavy atom. The van der Waals surface area contributed by atoms with Crippen molar-refractivity contribution in [1.82, 2.24) is 9.80 Å².